The molecule has 1 amide bonds. The summed E-state index contributed by atoms with van der Waals surface area (Å²) in [6.07, 6.45) is 1.45. The molecule has 0 unspecified atom stereocenters. The Hall–Kier alpha value is -2.81. The quantitative estimate of drug-likeness (QED) is 0.355. The molecule has 2 heterocycles. The molecule has 146 valence electrons. The van der Waals surface area contributed by atoms with Crippen molar-refractivity contribution in [1.82, 2.24) is 19.7 Å². The topological polar surface area (TPSA) is 92.7 Å². The second-order valence-corrected chi connectivity index (χ2v) is 7.83. The van der Waals surface area contributed by atoms with Crippen LogP contribution in [-0.2, 0) is 4.79 Å². The SMILES string of the molecule is O=C(CSc1nc2c(cnn2-c2ccc(Cl)cc2)c(=O)[nH]1)Nc1cccc(Cl)c1. The van der Waals surface area contributed by atoms with Gasteiger partial charge >= 0.3 is 0 Å². The van der Waals surface area contributed by atoms with E-state index in [-0.39, 0.29) is 17.2 Å². The Bertz CT molecular complexity index is 1250. The molecule has 0 radical (unpaired) electrons. The molecule has 0 aliphatic rings. The summed E-state index contributed by atoms with van der Waals surface area (Å²) in [5, 5.41) is 8.79. The molecular weight excluding hydrogens is 433 g/mol. The van der Waals surface area contributed by atoms with E-state index in [0.717, 1.165) is 17.4 Å². The van der Waals surface area contributed by atoms with Gasteiger partial charge in [0.25, 0.3) is 5.56 Å². The zero-order valence-corrected chi connectivity index (χ0v) is 17.1. The predicted molar refractivity (Wildman–Crippen MR) is 115 cm³/mol. The van der Waals surface area contributed by atoms with Crippen LogP contribution in [0.4, 0.5) is 5.69 Å². The van der Waals surface area contributed by atoms with E-state index in [2.05, 4.69) is 20.4 Å². The first kappa shape index (κ1) is 19.5. The number of nitrogens with zero attached hydrogens (tertiary/aromatic N) is 3. The van der Waals surface area contributed by atoms with Crippen LogP contribution in [0.5, 0.6) is 0 Å². The number of halogens is 2. The highest BCUT2D eigenvalue weighted by Crippen LogP contribution is 2.20. The third-order valence-corrected chi connectivity index (χ3v) is 5.30. The Morgan fingerprint density at radius 1 is 1.14 bits per heavy atom. The first-order valence-corrected chi connectivity index (χ1v) is 10.2. The summed E-state index contributed by atoms with van der Waals surface area (Å²) < 4.78 is 1.55. The predicted octanol–water partition coefficient (Wildman–Crippen LogP) is 4.15. The fourth-order valence-corrected chi connectivity index (χ4v) is 3.61. The lowest BCUT2D eigenvalue weighted by molar-refractivity contribution is -0.113. The maximum Gasteiger partial charge on any atom is 0.262 e. The second-order valence-electron chi connectivity index (χ2n) is 5.99. The maximum atomic E-state index is 12.4. The molecule has 4 aromatic rings. The van der Waals surface area contributed by atoms with Gasteiger partial charge in [-0.25, -0.2) is 9.67 Å². The van der Waals surface area contributed by atoms with Crippen LogP contribution in [0.3, 0.4) is 0 Å². The van der Waals surface area contributed by atoms with Gasteiger partial charge in [-0.05, 0) is 42.5 Å². The molecule has 2 aromatic heterocycles. The minimum Gasteiger partial charge on any atom is -0.325 e. The number of hydrogen-bond donors (Lipinski definition) is 2. The Kier molecular flexibility index (Phi) is 5.57. The Balaban J connectivity index is 1.55. The van der Waals surface area contributed by atoms with Gasteiger partial charge in [0.2, 0.25) is 5.91 Å². The van der Waals surface area contributed by atoms with Gasteiger partial charge < -0.3 is 10.3 Å². The summed E-state index contributed by atoms with van der Waals surface area (Å²) in [4.78, 5) is 31.7. The first-order chi connectivity index (χ1) is 14.0. The summed E-state index contributed by atoms with van der Waals surface area (Å²) in [5.41, 5.74) is 1.39. The van der Waals surface area contributed by atoms with Crippen molar-refractivity contribution in [3.8, 4) is 5.69 Å². The summed E-state index contributed by atoms with van der Waals surface area (Å²) in [6, 6.07) is 13.9. The summed E-state index contributed by atoms with van der Waals surface area (Å²) in [6.45, 7) is 0. The number of H-pyrrole nitrogens is 1. The molecule has 7 nitrogen and oxygen atoms in total. The normalized spacial score (nSPS) is 11.0. The van der Waals surface area contributed by atoms with Gasteiger partial charge in [-0.1, -0.05) is 41.0 Å². The molecule has 2 aromatic carbocycles. The van der Waals surface area contributed by atoms with Gasteiger partial charge in [-0.2, -0.15) is 5.10 Å². The van der Waals surface area contributed by atoms with Gasteiger partial charge in [0, 0.05) is 15.7 Å². The van der Waals surface area contributed by atoms with Crippen molar-refractivity contribution in [2.24, 2.45) is 0 Å². The van der Waals surface area contributed by atoms with Gasteiger partial charge in [-0.3, -0.25) is 9.59 Å². The molecule has 0 bridgehead atoms. The first-order valence-electron chi connectivity index (χ1n) is 8.42. The highest BCUT2D eigenvalue weighted by molar-refractivity contribution is 7.99. The molecule has 0 saturated carbocycles. The van der Waals surface area contributed by atoms with E-state index in [1.165, 1.54) is 6.20 Å². The summed E-state index contributed by atoms with van der Waals surface area (Å²) >= 11 is 13.0. The average molecular weight is 446 g/mol. The minimum absolute atomic E-state index is 0.0655. The van der Waals surface area contributed by atoms with Crippen molar-refractivity contribution in [3.05, 3.63) is 75.1 Å². The third kappa shape index (κ3) is 4.45. The Labute approximate surface area is 179 Å². The average Bonchev–Trinajstić information content (AvgIpc) is 3.12. The fourth-order valence-electron chi connectivity index (χ4n) is 2.64. The van der Waals surface area contributed by atoms with Crippen LogP contribution in [0.15, 0.2) is 64.7 Å². The van der Waals surface area contributed by atoms with Gasteiger partial charge in [0.05, 0.1) is 17.6 Å². The number of amides is 1. The van der Waals surface area contributed by atoms with E-state index >= 15 is 0 Å². The number of aromatic amines is 1. The lowest BCUT2D eigenvalue weighted by atomic mass is 10.3. The number of aromatic nitrogens is 4. The van der Waals surface area contributed by atoms with E-state index in [4.69, 9.17) is 23.2 Å². The zero-order valence-electron chi connectivity index (χ0n) is 14.7. The molecule has 4 rings (SSSR count). The van der Waals surface area contributed by atoms with E-state index in [9.17, 15) is 9.59 Å². The third-order valence-electron chi connectivity index (χ3n) is 3.94. The summed E-state index contributed by atoms with van der Waals surface area (Å²) in [7, 11) is 0. The van der Waals surface area contributed by atoms with Gasteiger partial charge in [-0.15, -0.1) is 0 Å². The lowest BCUT2D eigenvalue weighted by Crippen LogP contribution is -2.15. The minimum atomic E-state index is -0.326. The van der Waals surface area contributed by atoms with Gasteiger partial charge in [0.15, 0.2) is 10.8 Å². The molecule has 29 heavy (non-hydrogen) atoms. The maximum absolute atomic E-state index is 12.4. The molecule has 0 atom stereocenters. The van der Waals surface area contributed by atoms with Crippen LogP contribution in [0.2, 0.25) is 10.0 Å². The molecular formula is C19H13Cl2N5O2S. The number of carbonyl (C=O) groups is 1. The van der Waals surface area contributed by atoms with E-state index in [0.29, 0.717) is 31.9 Å². The zero-order chi connectivity index (χ0) is 20.4. The lowest BCUT2D eigenvalue weighted by Gasteiger charge is -2.06. The van der Waals surface area contributed by atoms with Crippen molar-refractivity contribution < 1.29 is 4.79 Å². The highest BCUT2D eigenvalue weighted by atomic mass is 35.5. The van der Waals surface area contributed by atoms with Crippen LogP contribution < -0.4 is 10.9 Å². The van der Waals surface area contributed by atoms with E-state index in [1.807, 2.05) is 0 Å². The Morgan fingerprint density at radius 2 is 1.93 bits per heavy atom. The molecule has 10 heteroatoms. The number of nitrogens with one attached hydrogen (secondary N) is 2. The van der Waals surface area contributed by atoms with Crippen molar-refractivity contribution in [3.63, 3.8) is 0 Å². The fraction of sp³-hybridized carbons (Fsp3) is 0.0526. The van der Waals surface area contributed by atoms with Crippen LogP contribution in [0, 0.1) is 0 Å². The standard InChI is InChI=1S/C19H13Cl2N5O2S/c20-11-4-6-14(7-5-11)26-17-15(9-22-26)18(28)25-19(24-17)29-10-16(27)23-13-3-1-2-12(21)8-13/h1-9H,10H2,(H,23,27)(H,24,25,28). The van der Waals surface area contributed by atoms with E-state index < -0.39 is 0 Å². The van der Waals surface area contributed by atoms with Crippen molar-refractivity contribution in [1.29, 1.82) is 0 Å². The molecule has 2 N–H and O–H groups in total. The van der Waals surface area contributed by atoms with Gasteiger partial charge in [0.1, 0.15) is 5.39 Å². The molecule has 0 aliphatic heterocycles. The number of benzene rings is 2. The molecule has 0 fully saturated rings. The number of fused-ring (bicyclic) bond motifs is 1. The van der Waals surface area contributed by atoms with Crippen LogP contribution in [0.25, 0.3) is 16.7 Å². The smallest absolute Gasteiger partial charge is 0.262 e. The largest absolute Gasteiger partial charge is 0.325 e. The van der Waals surface area contributed by atoms with E-state index in [1.54, 1.807) is 53.2 Å². The number of rotatable bonds is 5. The molecule has 0 spiro atoms. The summed E-state index contributed by atoms with van der Waals surface area (Å²) in [5.74, 6) is -0.179. The number of anilines is 1. The molecule has 0 saturated heterocycles. The number of hydrogen-bond acceptors (Lipinski definition) is 5. The monoisotopic (exact) mass is 445 g/mol. The number of carbonyl (C=O) groups excluding carboxylic acids is 1. The van der Waals surface area contributed by atoms with Crippen LogP contribution in [-0.4, -0.2) is 31.4 Å². The van der Waals surface area contributed by atoms with Crippen molar-refractivity contribution in [2.45, 2.75) is 5.16 Å². The Morgan fingerprint density at radius 3 is 2.69 bits per heavy atom. The van der Waals surface area contributed by atoms with Crippen LogP contribution in [0.1, 0.15) is 0 Å². The van der Waals surface area contributed by atoms with Crippen molar-refractivity contribution in [2.75, 3.05) is 11.1 Å². The van der Waals surface area contributed by atoms with Crippen LogP contribution >= 0.6 is 35.0 Å². The number of thioether (sulfide) groups is 1. The molecule has 0 aliphatic carbocycles. The highest BCUT2D eigenvalue weighted by Gasteiger charge is 2.13. The second kappa shape index (κ2) is 8.28. The van der Waals surface area contributed by atoms with Crippen molar-refractivity contribution >= 4 is 57.6 Å².